The summed E-state index contributed by atoms with van der Waals surface area (Å²) in [7, 11) is 3.12. The molecule has 174 valence electrons. The first kappa shape index (κ1) is 21.5. The summed E-state index contributed by atoms with van der Waals surface area (Å²) in [5.41, 5.74) is 2.15. The Balaban J connectivity index is 1.77. The summed E-state index contributed by atoms with van der Waals surface area (Å²) >= 11 is 0. The van der Waals surface area contributed by atoms with Crippen molar-refractivity contribution < 1.29 is 28.2 Å². The molecular weight excluding hydrogens is 440 g/mol. The van der Waals surface area contributed by atoms with Gasteiger partial charge >= 0.3 is 5.97 Å². The van der Waals surface area contributed by atoms with Crippen molar-refractivity contribution in [2.45, 2.75) is 19.8 Å². The quantitative estimate of drug-likeness (QED) is 0.396. The van der Waals surface area contributed by atoms with E-state index in [2.05, 4.69) is 10.1 Å². The lowest BCUT2D eigenvalue weighted by atomic mass is 9.83. The predicted octanol–water partition coefficient (Wildman–Crippen LogP) is 3.76. The Morgan fingerprint density at radius 1 is 1.18 bits per heavy atom. The van der Waals surface area contributed by atoms with Gasteiger partial charge in [-0.05, 0) is 43.7 Å². The number of allylic oxidation sites excluding steroid dienone is 1. The minimum Gasteiger partial charge on any atom is -0.493 e. The van der Waals surface area contributed by atoms with Gasteiger partial charge in [0.05, 0.1) is 44.1 Å². The number of esters is 1. The Bertz CT molecular complexity index is 1410. The Morgan fingerprint density at radius 3 is 2.71 bits per heavy atom. The maximum atomic E-state index is 13.1. The third-order valence-electron chi connectivity index (χ3n) is 5.57. The van der Waals surface area contributed by atoms with E-state index < -0.39 is 11.9 Å². The number of ether oxygens (including phenoxy) is 4. The average molecular weight is 462 g/mol. The van der Waals surface area contributed by atoms with E-state index in [1.54, 1.807) is 52.5 Å². The highest BCUT2D eigenvalue weighted by atomic mass is 16.5. The van der Waals surface area contributed by atoms with Crippen LogP contribution < -0.4 is 14.2 Å². The lowest BCUT2D eigenvalue weighted by Gasteiger charge is -2.28. The van der Waals surface area contributed by atoms with Crippen molar-refractivity contribution in [3.63, 3.8) is 0 Å². The predicted molar refractivity (Wildman–Crippen MR) is 120 cm³/mol. The molecule has 0 unspecified atom stereocenters. The zero-order chi connectivity index (χ0) is 23.8. The van der Waals surface area contributed by atoms with E-state index >= 15 is 0 Å². The summed E-state index contributed by atoms with van der Waals surface area (Å²) in [5.74, 6) is 1.61. The molecule has 10 heteroatoms. The van der Waals surface area contributed by atoms with Gasteiger partial charge in [-0.25, -0.2) is 19.3 Å². The van der Waals surface area contributed by atoms with Crippen LogP contribution in [0.2, 0.25) is 0 Å². The van der Waals surface area contributed by atoms with E-state index in [1.165, 1.54) is 10.8 Å². The van der Waals surface area contributed by atoms with E-state index in [0.717, 1.165) is 5.56 Å². The molecule has 0 saturated carbocycles. The van der Waals surface area contributed by atoms with E-state index in [1.807, 2.05) is 12.1 Å². The van der Waals surface area contributed by atoms with E-state index in [9.17, 15) is 4.79 Å². The molecule has 34 heavy (non-hydrogen) atoms. The van der Waals surface area contributed by atoms with Crippen molar-refractivity contribution in [1.29, 1.82) is 0 Å². The summed E-state index contributed by atoms with van der Waals surface area (Å²) in [6.45, 7) is 3.69. The fourth-order valence-electron chi connectivity index (χ4n) is 4.09. The maximum absolute atomic E-state index is 13.1. The van der Waals surface area contributed by atoms with Crippen LogP contribution in [0, 0.1) is 0 Å². The molecule has 0 N–H and O–H groups in total. The molecule has 0 radical (unpaired) electrons. The fraction of sp³-hybridized carbons (Fsp3) is 0.250. The number of rotatable bonds is 6. The topological polar surface area (TPSA) is 110 Å². The van der Waals surface area contributed by atoms with Gasteiger partial charge in [0.15, 0.2) is 22.9 Å². The molecule has 3 aromatic heterocycles. The molecule has 0 spiro atoms. The molecule has 4 aromatic rings. The molecule has 10 nitrogen and oxygen atoms in total. The van der Waals surface area contributed by atoms with Crippen LogP contribution in [-0.2, 0) is 9.53 Å². The standard InChI is InChI=1S/C24H22N4O6/c1-5-32-24(29)18-13(2)34-23-20(19(18)14-8-9-15(30-3)17(11-14)31-4)22-26-21(16-7-6-10-33-16)27-28(22)12-25-23/h6-12,19H,5H2,1-4H3/t19-/m0/s1. The second-order valence-corrected chi connectivity index (χ2v) is 7.48. The monoisotopic (exact) mass is 462 g/mol. The number of carbonyl (C=O) groups is 1. The second kappa shape index (κ2) is 8.54. The number of hydrogen-bond acceptors (Lipinski definition) is 9. The number of hydrogen-bond donors (Lipinski definition) is 0. The molecule has 0 saturated heterocycles. The highest BCUT2D eigenvalue weighted by Gasteiger charge is 2.38. The number of nitrogens with zero attached hydrogens (tertiary/aromatic N) is 4. The average Bonchev–Trinajstić information content (AvgIpc) is 3.52. The molecule has 1 aliphatic rings. The van der Waals surface area contributed by atoms with E-state index in [4.69, 9.17) is 28.3 Å². The third-order valence-corrected chi connectivity index (χ3v) is 5.57. The van der Waals surface area contributed by atoms with E-state index in [0.29, 0.717) is 51.5 Å². The number of fused-ring (bicyclic) bond motifs is 3. The third kappa shape index (κ3) is 3.43. The fourth-order valence-corrected chi connectivity index (χ4v) is 4.09. The number of aromatic nitrogens is 4. The zero-order valence-electron chi connectivity index (χ0n) is 19.1. The largest absolute Gasteiger partial charge is 0.493 e. The minimum atomic E-state index is -0.604. The molecule has 5 rings (SSSR count). The van der Waals surface area contributed by atoms with Crippen LogP contribution in [0.25, 0.3) is 17.2 Å². The number of methoxy groups -OCH3 is 2. The Morgan fingerprint density at radius 2 is 2.00 bits per heavy atom. The van der Waals surface area contributed by atoms with Crippen molar-refractivity contribution in [2.24, 2.45) is 0 Å². The Hall–Kier alpha value is -4.34. The number of carbonyl (C=O) groups excluding carboxylic acids is 1. The molecule has 1 aliphatic heterocycles. The molecule has 1 atom stereocenters. The van der Waals surface area contributed by atoms with Crippen molar-refractivity contribution in [1.82, 2.24) is 19.6 Å². The number of furan rings is 1. The van der Waals surface area contributed by atoms with Gasteiger partial charge < -0.3 is 23.4 Å². The summed E-state index contributed by atoms with van der Waals surface area (Å²) in [4.78, 5) is 22.3. The van der Waals surface area contributed by atoms with Crippen LogP contribution in [0.5, 0.6) is 17.4 Å². The van der Waals surface area contributed by atoms with Crippen molar-refractivity contribution in [3.8, 4) is 29.0 Å². The van der Waals surface area contributed by atoms with Gasteiger partial charge in [0.1, 0.15) is 12.1 Å². The molecule has 0 bridgehead atoms. The first-order valence-corrected chi connectivity index (χ1v) is 10.6. The van der Waals surface area contributed by atoms with Gasteiger partial charge in [-0.2, -0.15) is 0 Å². The molecule has 0 fully saturated rings. The SMILES string of the molecule is CCOC(=O)C1=C(C)Oc2ncn3nc(-c4ccco4)nc3c2[C@H]1c1ccc(OC)c(OC)c1. The summed E-state index contributed by atoms with van der Waals surface area (Å²) < 4.78 is 29.3. The van der Waals surface area contributed by atoms with Gasteiger partial charge in [-0.3, -0.25) is 0 Å². The molecule has 0 aliphatic carbocycles. The molecule has 4 heterocycles. The van der Waals surface area contributed by atoms with Crippen molar-refractivity contribution >= 4 is 11.6 Å². The lowest BCUT2D eigenvalue weighted by Crippen LogP contribution is -2.24. The van der Waals surface area contributed by atoms with Gasteiger partial charge in [0, 0.05) is 0 Å². The van der Waals surface area contributed by atoms with E-state index in [-0.39, 0.29) is 6.61 Å². The van der Waals surface area contributed by atoms with Crippen molar-refractivity contribution in [3.05, 3.63) is 65.4 Å². The molecule has 0 amide bonds. The lowest BCUT2D eigenvalue weighted by molar-refractivity contribution is -0.139. The normalized spacial score (nSPS) is 15.1. The Labute approximate surface area is 194 Å². The highest BCUT2D eigenvalue weighted by molar-refractivity contribution is 5.93. The van der Waals surface area contributed by atoms with Gasteiger partial charge in [0.25, 0.3) is 0 Å². The van der Waals surface area contributed by atoms with Crippen LogP contribution >= 0.6 is 0 Å². The van der Waals surface area contributed by atoms with Gasteiger partial charge in [-0.1, -0.05) is 6.07 Å². The van der Waals surface area contributed by atoms with Crippen LogP contribution in [0.4, 0.5) is 0 Å². The first-order chi connectivity index (χ1) is 16.5. The summed E-state index contributed by atoms with van der Waals surface area (Å²) in [6, 6.07) is 8.99. The first-order valence-electron chi connectivity index (χ1n) is 10.6. The van der Waals surface area contributed by atoms with Crippen molar-refractivity contribution in [2.75, 3.05) is 20.8 Å². The Kier molecular flexibility index (Phi) is 5.40. The maximum Gasteiger partial charge on any atom is 0.338 e. The number of benzene rings is 1. The van der Waals surface area contributed by atoms with Crippen LogP contribution in [0.15, 0.2) is 58.7 Å². The summed E-state index contributed by atoms with van der Waals surface area (Å²) in [6.07, 6.45) is 3.07. The van der Waals surface area contributed by atoms with Crippen LogP contribution in [0.1, 0.15) is 30.9 Å². The van der Waals surface area contributed by atoms with Crippen LogP contribution in [-0.4, -0.2) is 46.4 Å². The van der Waals surface area contributed by atoms with Gasteiger partial charge in [0.2, 0.25) is 11.7 Å². The smallest absolute Gasteiger partial charge is 0.338 e. The van der Waals surface area contributed by atoms with Crippen LogP contribution in [0.3, 0.4) is 0 Å². The van der Waals surface area contributed by atoms with Gasteiger partial charge in [-0.15, -0.1) is 5.10 Å². The highest BCUT2D eigenvalue weighted by Crippen LogP contribution is 2.46. The molecular formula is C24H22N4O6. The summed E-state index contributed by atoms with van der Waals surface area (Å²) in [5, 5.41) is 4.49. The minimum absolute atomic E-state index is 0.219. The zero-order valence-corrected chi connectivity index (χ0v) is 19.1. The molecule has 1 aromatic carbocycles. The second-order valence-electron chi connectivity index (χ2n) is 7.48.